The van der Waals surface area contributed by atoms with Crippen molar-refractivity contribution >= 4 is 34.1 Å². The number of anilines is 1. The van der Waals surface area contributed by atoms with Crippen molar-refractivity contribution in [2.75, 3.05) is 18.7 Å². The van der Waals surface area contributed by atoms with E-state index in [4.69, 9.17) is 0 Å². The predicted molar refractivity (Wildman–Crippen MR) is 116 cm³/mol. The Morgan fingerprint density at radius 2 is 1.97 bits per heavy atom. The van der Waals surface area contributed by atoms with Gasteiger partial charge < -0.3 is 5.32 Å². The van der Waals surface area contributed by atoms with Gasteiger partial charge in [0.2, 0.25) is 11.9 Å². The molecule has 4 rings (SSSR count). The lowest BCUT2D eigenvalue weighted by Gasteiger charge is -2.30. The fraction of sp³-hybridized carbons (Fsp3) is 0.476. The molecule has 0 aliphatic heterocycles. The third-order valence-electron chi connectivity index (χ3n) is 5.53. The van der Waals surface area contributed by atoms with Crippen LogP contribution in [0.25, 0.3) is 21.5 Å². The topological polar surface area (TPSA) is 92.7 Å². The Labute approximate surface area is 182 Å². The Kier molecular flexibility index (Phi) is 6.77. The summed E-state index contributed by atoms with van der Waals surface area (Å²) in [6, 6.07) is 5.07. The highest BCUT2D eigenvalue weighted by Gasteiger charge is 2.28. The highest BCUT2D eigenvalue weighted by Crippen LogP contribution is 2.28. The van der Waals surface area contributed by atoms with Crippen molar-refractivity contribution in [2.24, 2.45) is 5.92 Å². The maximum absolute atomic E-state index is 12.7. The summed E-state index contributed by atoms with van der Waals surface area (Å²) >= 11 is 1.51. The molecule has 0 unspecified atom stereocenters. The highest BCUT2D eigenvalue weighted by atomic mass is 32.1. The van der Waals surface area contributed by atoms with Gasteiger partial charge in [0, 0.05) is 29.1 Å². The molecule has 164 valence electrons. The van der Waals surface area contributed by atoms with E-state index in [9.17, 15) is 13.6 Å². The molecule has 7 nitrogen and oxygen atoms in total. The molecule has 1 aliphatic carbocycles. The molecule has 3 aromatic rings. The van der Waals surface area contributed by atoms with Gasteiger partial charge in [0.1, 0.15) is 23.4 Å². The third-order valence-corrected chi connectivity index (χ3v) is 6.42. The lowest BCUT2D eigenvalue weighted by atomic mass is 9.85. The van der Waals surface area contributed by atoms with E-state index < -0.39 is 19.4 Å². The number of aromatic nitrogens is 4. The van der Waals surface area contributed by atoms with Crippen molar-refractivity contribution in [1.82, 2.24) is 25.5 Å². The number of nitrogens with one attached hydrogen (secondary N) is 2. The van der Waals surface area contributed by atoms with Crippen molar-refractivity contribution in [3.8, 4) is 10.6 Å². The molecule has 2 heterocycles. The number of carbonyl (C=O) groups is 1. The molecule has 2 aromatic heterocycles. The largest absolute Gasteiger partial charge is 0.306 e. The first kappa shape index (κ1) is 21.6. The van der Waals surface area contributed by atoms with E-state index in [-0.39, 0.29) is 23.8 Å². The van der Waals surface area contributed by atoms with Crippen molar-refractivity contribution in [2.45, 2.75) is 44.7 Å². The Hall–Kier alpha value is -2.59. The van der Waals surface area contributed by atoms with Crippen LogP contribution < -0.4 is 10.6 Å². The second kappa shape index (κ2) is 9.69. The number of nitrogens with zero attached hydrogens (tertiary/aromatic N) is 4. The number of amides is 1. The van der Waals surface area contributed by atoms with Gasteiger partial charge in [-0.3, -0.25) is 10.1 Å². The van der Waals surface area contributed by atoms with Crippen molar-refractivity contribution in [1.29, 1.82) is 0 Å². The zero-order valence-corrected chi connectivity index (χ0v) is 18.0. The van der Waals surface area contributed by atoms with Crippen LogP contribution in [0.2, 0.25) is 0 Å². The molecule has 1 saturated carbocycles. The van der Waals surface area contributed by atoms with Gasteiger partial charge in [-0.2, -0.15) is 0 Å². The first-order valence-electron chi connectivity index (χ1n) is 10.3. The first-order chi connectivity index (χ1) is 15.1. The zero-order chi connectivity index (χ0) is 21.8. The van der Waals surface area contributed by atoms with Gasteiger partial charge in [-0.15, -0.1) is 10.2 Å². The molecule has 1 aliphatic rings. The lowest BCUT2D eigenvalue weighted by Crippen LogP contribution is -2.44. The minimum absolute atomic E-state index is 0.0416. The summed E-state index contributed by atoms with van der Waals surface area (Å²) in [4.78, 5) is 21.4. The van der Waals surface area contributed by atoms with Crippen LogP contribution in [0.5, 0.6) is 0 Å². The van der Waals surface area contributed by atoms with Gasteiger partial charge >= 0.3 is 0 Å². The number of halogens is 2. The maximum atomic E-state index is 12.7. The summed E-state index contributed by atoms with van der Waals surface area (Å²) in [5.41, 5.74) is 1.63. The Morgan fingerprint density at radius 1 is 1.19 bits per heavy atom. The summed E-state index contributed by atoms with van der Waals surface area (Å²) in [6.45, 7) is 0.454. The zero-order valence-electron chi connectivity index (χ0n) is 17.1. The van der Waals surface area contributed by atoms with Crippen molar-refractivity contribution in [3.05, 3.63) is 29.4 Å². The Balaban J connectivity index is 1.39. The quantitative estimate of drug-likeness (QED) is 0.573. The normalized spacial score (nSPS) is 19.1. The monoisotopic (exact) mass is 446 g/mol. The van der Waals surface area contributed by atoms with Crippen LogP contribution in [0.3, 0.4) is 0 Å². The van der Waals surface area contributed by atoms with Crippen LogP contribution in [0, 0.1) is 12.8 Å². The molecule has 0 saturated heterocycles. The molecule has 10 heteroatoms. The van der Waals surface area contributed by atoms with Gasteiger partial charge in [-0.05, 0) is 38.7 Å². The van der Waals surface area contributed by atoms with Crippen LogP contribution in [-0.4, -0.2) is 51.5 Å². The molecule has 2 N–H and O–H groups in total. The minimum atomic E-state index is -0.754. The number of fused-ring (bicyclic) bond motifs is 1. The van der Waals surface area contributed by atoms with E-state index in [1.54, 1.807) is 6.20 Å². The van der Waals surface area contributed by atoms with Gasteiger partial charge in [0.25, 0.3) is 0 Å². The second-order valence-corrected chi connectivity index (χ2v) is 8.99. The minimum Gasteiger partial charge on any atom is -0.306 e. The van der Waals surface area contributed by atoms with E-state index >= 15 is 0 Å². The summed E-state index contributed by atoms with van der Waals surface area (Å²) < 4.78 is 25.4. The molecule has 0 spiro atoms. The maximum Gasteiger partial charge on any atom is 0.229 e. The average Bonchev–Trinajstić information content (AvgIpc) is 3.23. The highest BCUT2D eigenvalue weighted by molar-refractivity contribution is 7.14. The van der Waals surface area contributed by atoms with Gasteiger partial charge in [-0.1, -0.05) is 23.5 Å². The molecule has 0 atom stereocenters. The van der Waals surface area contributed by atoms with Crippen LogP contribution in [0.1, 0.15) is 30.7 Å². The summed E-state index contributed by atoms with van der Waals surface area (Å²) in [5.74, 6) is -0.0262. The van der Waals surface area contributed by atoms with E-state index in [0.29, 0.717) is 31.2 Å². The number of carbonyl (C=O) groups excluding carboxylic acids is 1. The molecule has 1 amide bonds. The van der Waals surface area contributed by atoms with E-state index in [2.05, 4.69) is 30.8 Å². The summed E-state index contributed by atoms with van der Waals surface area (Å²) in [7, 11) is 0. The summed E-state index contributed by atoms with van der Waals surface area (Å²) in [5, 5.41) is 16.6. The van der Waals surface area contributed by atoms with Crippen LogP contribution >= 0.6 is 11.3 Å². The lowest BCUT2D eigenvalue weighted by molar-refractivity contribution is -0.120. The van der Waals surface area contributed by atoms with Crippen LogP contribution in [0.15, 0.2) is 24.4 Å². The van der Waals surface area contributed by atoms with Gasteiger partial charge in [-0.25, -0.2) is 18.7 Å². The van der Waals surface area contributed by atoms with Crippen LogP contribution in [-0.2, 0) is 4.79 Å². The fourth-order valence-corrected chi connectivity index (χ4v) is 4.52. The SMILES string of the molecule is Cc1nnc(-c2ccc3cnc(NC(=O)C4CCC(NC(CF)CF)CC4)nc3c2)s1. The van der Waals surface area contributed by atoms with Crippen LogP contribution in [0.4, 0.5) is 14.7 Å². The van der Waals surface area contributed by atoms with Crippen molar-refractivity contribution in [3.63, 3.8) is 0 Å². The van der Waals surface area contributed by atoms with Gasteiger partial charge in [0.15, 0.2) is 0 Å². The number of aryl methyl sites for hydroxylation is 1. The summed E-state index contributed by atoms with van der Waals surface area (Å²) in [6.07, 6.45) is 4.41. The number of hydrogen-bond donors (Lipinski definition) is 2. The number of hydrogen-bond acceptors (Lipinski definition) is 7. The standard InChI is InChI=1S/C21H24F2N6OS/c1-12-28-29-20(31-12)14-2-3-15-11-24-21(26-18(15)8-14)27-19(30)13-4-6-16(7-5-13)25-17(9-22)10-23/h2-3,8,11,13,16-17,25H,4-7,9-10H2,1H3,(H,24,26,27,30). The number of benzene rings is 1. The molecular formula is C21H24F2N6OS. The second-order valence-electron chi connectivity index (χ2n) is 7.80. The van der Waals surface area contributed by atoms with E-state index in [1.165, 1.54) is 11.3 Å². The van der Waals surface area contributed by atoms with E-state index in [0.717, 1.165) is 21.0 Å². The molecule has 1 aromatic carbocycles. The Morgan fingerprint density at radius 3 is 2.65 bits per heavy atom. The average molecular weight is 447 g/mol. The molecule has 31 heavy (non-hydrogen) atoms. The molecule has 0 radical (unpaired) electrons. The fourth-order valence-electron chi connectivity index (χ4n) is 3.83. The number of alkyl halides is 2. The molecule has 0 bridgehead atoms. The van der Waals surface area contributed by atoms with Gasteiger partial charge in [0.05, 0.1) is 11.6 Å². The molecule has 1 fully saturated rings. The first-order valence-corrected chi connectivity index (χ1v) is 11.1. The van der Waals surface area contributed by atoms with E-state index in [1.807, 2.05) is 25.1 Å². The number of rotatable bonds is 7. The third kappa shape index (κ3) is 5.19. The molecular weight excluding hydrogens is 422 g/mol. The van der Waals surface area contributed by atoms with Crippen molar-refractivity contribution < 1.29 is 13.6 Å². The Bertz CT molecular complexity index is 1050. The predicted octanol–water partition coefficient (Wildman–Crippen LogP) is 3.85. The smallest absolute Gasteiger partial charge is 0.229 e.